The molecule has 5 aromatic rings. The second kappa shape index (κ2) is 22.3. The van der Waals surface area contributed by atoms with Gasteiger partial charge in [-0.2, -0.15) is 0 Å². The van der Waals surface area contributed by atoms with Crippen LogP contribution in [0, 0.1) is 39.0 Å². The average molecular weight is 1000 g/mol. The van der Waals surface area contributed by atoms with E-state index in [-0.39, 0.29) is 75.2 Å². The molecule has 0 bridgehead atoms. The van der Waals surface area contributed by atoms with Gasteiger partial charge in [0.15, 0.2) is 11.6 Å². The van der Waals surface area contributed by atoms with Crippen molar-refractivity contribution in [2.45, 2.75) is 105 Å². The molecule has 2 aromatic carbocycles. The Labute approximate surface area is 417 Å². The number of ketones is 1. The summed E-state index contributed by atoms with van der Waals surface area (Å²) in [6, 6.07) is 13.7. The third-order valence-corrected chi connectivity index (χ3v) is 15.4. The van der Waals surface area contributed by atoms with Crippen LogP contribution in [-0.4, -0.2) is 123 Å². The number of rotatable bonds is 19. The van der Waals surface area contributed by atoms with Gasteiger partial charge in [-0.1, -0.05) is 68.8 Å². The van der Waals surface area contributed by atoms with Gasteiger partial charge in [0, 0.05) is 66.5 Å². The average Bonchev–Trinajstić information content (AvgIpc) is 4.08. The fourth-order valence-corrected chi connectivity index (χ4v) is 11.0. The van der Waals surface area contributed by atoms with Crippen molar-refractivity contribution >= 4 is 63.5 Å². The number of aromatic nitrogens is 4. The smallest absolute Gasteiger partial charge is 0.243 e. The number of aliphatic imine (C=N–C) groups is 1. The number of Topliss-reactive ketones (excluding diaryl/α,β-unsaturated/α-hetero) is 1. The van der Waals surface area contributed by atoms with E-state index >= 15 is 0 Å². The summed E-state index contributed by atoms with van der Waals surface area (Å²) in [5, 5.41) is 24.2. The molecule has 0 unspecified atom stereocenters. The number of amides is 3. The van der Waals surface area contributed by atoms with Crippen LogP contribution in [0.1, 0.15) is 110 Å². The van der Waals surface area contributed by atoms with Crippen molar-refractivity contribution in [2.75, 3.05) is 46.6 Å². The number of nitrogens with zero attached hydrogens (tertiary/aromatic N) is 7. The van der Waals surface area contributed by atoms with Gasteiger partial charge in [-0.25, -0.2) is 4.98 Å². The summed E-state index contributed by atoms with van der Waals surface area (Å²) < 4.78 is 13.5. The molecule has 5 heterocycles. The predicted octanol–water partition coefficient (Wildman–Crippen LogP) is 7.96. The molecule has 0 spiro atoms. The van der Waals surface area contributed by atoms with E-state index in [9.17, 15) is 24.3 Å². The van der Waals surface area contributed by atoms with E-state index in [2.05, 4.69) is 34.3 Å². The minimum absolute atomic E-state index is 0.00743. The molecule has 368 valence electrons. The van der Waals surface area contributed by atoms with Crippen LogP contribution in [0.25, 0.3) is 15.4 Å². The largest absolute Gasteiger partial charge is 0.391 e. The zero-order chi connectivity index (χ0) is 49.7. The molecule has 3 aromatic heterocycles. The maximum absolute atomic E-state index is 14.2. The van der Waals surface area contributed by atoms with Crippen molar-refractivity contribution in [3.8, 4) is 15.4 Å². The van der Waals surface area contributed by atoms with E-state index < -0.39 is 29.5 Å². The van der Waals surface area contributed by atoms with E-state index in [1.54, 1.807) is 34.6 Å². The Morgan fingerprint density at radius 2 is 1.67 bits per heavy atom. The summed E-state index contributed by atoms with van der Waals surface area (Å²) in [7, 11) is 1.77. The standard InChI is InChI=1S/C51H63ClN8O7S2/c1-29-32(4)69-50-44(29)45(35-15-17-37(52)18-16-35)55-41(47-57-56-33(5)60(47)50)25-43(63)58(9)19-10-20-66-21-22-67-27-39(62)23-40(51(6,7)8)49(65)59-26-38(61)24-42(59)48(64)54-30(2)34-11-13-36(14-12-34)46-31(3)53-28-68-46/h11-18,28,30,38,40-42,61H,10,19-27H2,1-9H3,(H,54,64)/t30-,38+,40+,41-,42-/m0/s1. The van der Waals surface area contributed by atoms with Crippen molar-refractivity contribution in [3.63, 3.8) is 0 Å². The minimum Gasteiger partial charge on any atom is -0.391 e. The zero-order valence-corrected chi connectivity index (χ0v) is 43.3. The highest BCUT2D eigenvalue weighted by molar-refractivity contribution is 7.15. The molecule has 0 saturated carbocycles. The van der Waals surface area contributed by atoms with Gasteiger partial charge in [0.1, 0.15) is 29.5 Å². The van der Waals surface area contributed by atoms with Crippen LogP contribution >= 0.6 is 34.3 Å². The number of ether oxygens (including phenoxy) is 2. The first-order chi connectivity index (χ1) is 32.8. The number of aryl methyl sites for hydroxylation is 3. The quantitative estimate of drug-likeness (QED) is 0.0771. The summed E-state index contributed by atoms with van der Waals surface area (Å²) >= 11 is 9.49. The van der Waals surface area contributed by atoms with Crippen molar-refractivity contribution in [1.29, 1.82) is 0 Å². The number of carbonyl (C=O) groups is 4. The number of hydrogen-bond donors (Lipinski definition) is 2. The van der Waals surface area contributed by atoms with Crippen LogP contribution in [0.15, 0.2) is 59.0 Å². The Morgan fingerprint density at radius 1 is 0.971 bits per heavy atom. The highest BCUT2D eigenvalue weighted by atomic mass is 35.5. The summed E-state index contributed by atoms with van der Waals surface area (Å²) in [5.41, 5.74) is 7.94. The summed E-state index contributed by atoms with van der Waals surface area (Å²) in [4.78, 5) is 69.8. The molecule has 18 heteroatoms. The van der Waals surface area contributed by atoms with E-state index in [1.165, 1.54) is 9.78 Å². The molecule has 1 fully saturated rings. The van der Waals surface area contributed by atoms with Crippen molar-refractivity contribution < 1.29 is 33.8 Å². The molecule has 2 N–H and O–H groups in total. The van der Waals surface area contributed by atoms with Gasteiger partial charge in [-0.05, 0) is 75.3 Å². The molecule has 2 aliphatic heterocycles. The third kappa shape index (κ3) is 12.1. The summed E-state index contributed by atoms with van der Waals surface area (Å²) in [6.07, 6.45) is -0.153. The highest BCUT2D eigenvalue weighted by Gasteiger charge is 2.45. The molecule has 7 rings (SSSR count). The SMILES string of the molecule is Cc1ncsc1-c1ccc([C@H](C)NC(=O)[C@@H]2C[C@@H](O)CN2C(=O)[C@@H](CC(=O)COCCOCCCN(C)C(=O)C[C@@H]2N=C(c3ccc(Cl)cc3)c3c(sc(C)c3C)-n3c(C)nnc32)C(C)(C)C)cc1. The highest BCUT2D eigenvalue weighted by Crippen LogP contribution is 2.40. The Balaban J connectivity index is 0.853. The maximum Gasteiger partial charge on any atom is 0.243 e. The van der Waals surface area contributed by atoms with Crippen LogP contribution in [-0.2, 0) is 28.7 Å². The second-order valence-corrected chi connectivity index (χ2v) is 21.6. The number of halogens is 1. The van der Waals surface area contributed by atoms with Gasteiger partial charge in [0.25, 0.3) is 0 Å². The van der Waals surface area contributed by atoms with Crippen LogP contribution in [0.4, 0.5) is 0 Å². The fourth-order valence-electron chi connectivity index (χ4n) is 8.84. The molecule has 2 aliphatic rings. The number of aliphatic hydroxyl groups is 1. The van der Waals surface area contributed by atoms with Crippen LogP contribution in [0.2, 0.25) is 5.02 Å². The predicted molar refractivity (Wildman–Crippen MR) is 269 cm³/mol. The summed E-state index contributed by atoms with van der Waals surface area (Å²) in [5.74, 6) is -0.433. The van der Waals surface area contributed by atoms with Crippen molar-refractivity contribution in [3.05, 3.63) is 104 Å². The Morgan fingerprint density at radius 3 is 2.35 bits per heavy atom. The summed E-state index contributed by atoms with van der Waals surface area (Å²) in [6.45, 7) is 16.7. The molecule has 1 saturated heterocycles. The number of nitrogens with one attached hydrogen (secondary N) is 1. The van der Waals surface area contributed by atoms with E-state index in [0.717, 1.165) is 54.9 Å². The topological polar surface area (TPSA) is 181 Å². The van der Waals surface area contributed by atoms with Crippen LogP contribution in [0.5, 0.6) is 0 Å². The third-order valence-electron chi connectivity index (χ3n) is 13.0. The molecule has 69 heavy (non-hydrogen) atoms. The number of β-amino-alcohol motifs (C(OH)–C–C–N with tert-alkyl or cyclic N) is 1. The molecule has 15 nitrogen and oxygen atoms in total. The maximum atomic E-state index is 14.2. The minimum atomic E-state index is -0.874. The lowest BCUT2D eigenvalue weighted by molar-refractivity contribution is -0.147. The lowest BCUT2D eigenvalue weighted by Crippen LogP contribution is -2.50. The Kier molecular flexibility index (Phi) is 16.7. The lowest BCUT2D eigenvalue weighted by Gasteiger charge is -2.35. The molecule has 0 radical (unpaired) electrons. The second-order valence-electron chi connectivity index (χ2n) is 19.1. The van der Waals surface area contributed by atoms with Gasteiger partial charge in [-0.15, -0.1) is 32.9 Å². The normalized spacial score (nSPS) is 17.7. The van der Waals surface area contributed by atoms with Crippen molar-refractivity contribution in [2.24, 2.45) is 16.3 Å². The number of hydrogen-bond acceptors (Lipinski definition) is 13. The van der Waals surface area contributed by atoms with Gasteiger partial charge in [0.2, 0.25) is 17.7 Å². The number of aliphatic hydroxyl groups excluding tert-OH is 1. The molecular formula is C51H63ClN8O7S2. The van der Waals surface area contributed by atoms with Gasteiger partial charge in [-0.3, -0.25) is 28.7 Å². The van der Waals surface area contributed by atoms with Crippen molar-refractivity contribution in [1.82, 2.24) is 34.9 Å². The van der Waals surface area contributed by atoms with E-state index in [4.69, 9.17) is 26.1 Å². The molecule has 3 amide bonds. The van der Waals surface area contributed by atoms with Crippen LogP contribution < -0.4 is 5.32 Å². The fraction of sp³-hybridized carbons (Fsp3) is 0.490. The van der Waals surface area contributed by atoms with E-state index in [0.29, 0.717) is 30.4 Å². The first-order valence-corrected chi connectivity index (χ1v) is 25.5. The van der Waals surface area contributed by atoms with E-state index in [1.807, 2.05) is 100 Å². The van der Waals surface area contributed by atoms with Gasteiger partial charge < -0.3 is 29.7 Å². The number of thiophene rings is 1. The van der Waals surface area contributed by atoms with Gasteiger partial charge >= 0.3 is 0 Å². The number of carbonyl (C=O) groups excluding carboxylic acids is 4. The number of likely N-dealkylation sites (tertiary alicyclic amines) is 1. The number of thiazole rings is 1. The molecule has 5 atom stereocenters. The monoisotopic (exact) mass is 998 g/mol. The first kappa shape index (κ1) is 51.7. The molecular weight excluding hydrogens is 936 g/mol. The molecule has 0 aliphatic carbocycles. The van der Waals surface area contributed by atoms with Crippen LogP contribution in [0.3, 0.4) is 0 Å². The Bertz CT molecular complexity index is 2670. The lowest BCUT2D eigenvalue weighted by atomic mass is 9.77. The first-order valence-electron chi connectivity index (χ1n) is 23.4. The number of benzene rings is 2. The van der Waals surface area contributed by atoms with Gasteiger partial charge in [0.05, 0.1) is 53.6 Å². The Hall–Kier alpha value is -5.17. The number of fused-ring (bicyclic) bond motifs is 3. The zero-order valence-electron chi connectivity index (χ0n) is 40.9.